The monoisotopic (exact) mass is 1040 g/mol. The van der Waals surface area contributed by atoms with Crippen LogP contribution in [-0.4, -0.2) is 140 Å². The van der Waals surface area contributed by atoms with Crippen LogP contribution in [-0.2, 0) is 23.7 Å². The number of amides is 1. The van der Waals surface area contributed by atoms with E-state index in [9.17, 15) is 45.6 Å². The van der Waals surface area contributed by atoms with Crippen molar-refractivity contribution < 1.29 is 64.6 Å². The molecule has 0 spiro atoms. The lowest BCUT2D eigenvalue weighted by molar-refractivity contribution is -0.359. The van der Waals surface area contributed by atoms with Crippen molar-refractivity contribution >= 4 is 5.91 Å². The molecule has 2 rings (SSSR count). The van der Waals surface area contributed by atoms with Gasteiger partial charge in [-0.1, -0.05) is 190 Å². The van der Waals surface area contributed by atoms with Gasteiger partial charge < -0.3 is 65.1 Å². The summed E-state index contributed by atoms with van der Waals surface area (Å²) in [7, 11) is 0. The zero-order valence-electron chi connectivity index (χ0n) is 45.4. The average molecular weight is 1040 g/mol. The van der Waals surface area contributed by atoms with Crippen molar-refractivity contribution in [3.05, 3.63) is 60.8 Å². The van der Waals surface area contributed by atoms with Gasteiger partial charge in [-0.3, -0.25) is 4.79 Å². The SMILES string of the molecule is CCCCC/C=C\C/C=C\CCCCCCCCCC(=O)NC(COC1OC(CO)C(OC2OC(CO)C(O)C(O)C2O)C(O)C1O)C(O)/C=C/CC/C=C/CC/C=C/CCCCCCCCCCCCCC. The Kier molecular flexibility index (Phi) is 41.0. The molecule has 0 aromatic heterocycles. The number of unbranched alkanes of at least 4 members (excludes halogenated alkanes) is 24. The lowest BCUT2D eigenvalue weighted by atomic mass is 9.97. The van der Waals surface area contributed by atoms with Crippen LogP contribution in [0.25, 0.3) is 0 Å². The molecule has 2 aliphatic heterocycles. The van der Waals surface area contributed by atoms with Gasteiger partial charge in [0, 0.05) is 6.42 Å². The van der Waals surface area contributed by atoms with Crippen molar-refractivity contribution in [1.82, 2.24) is 5.32 Å². The maximum Gasteiger partial charge on any atom is 0.220 e. The fourth-order valence-electron chi connectivity index (χ4n) is 9.18. The van der Waals surface area contributed by atoms with Gasteiger partial charge in [0.25, 0.3) is 0 Å². The first-order chi connectivity index (χ1) is 35.6. The molecule has 14 heteroatoms. The minimum Gasteiger partial charge on any atom is -0.394 e. The van der Waals surface area contributed by atoms with Crippen LogP contribution in [0.1, 0.15) is 213 Å². The standard InChI is InChI=1S/C59H105NO13/c1-3-5-7-9-11-13-15-17-19-21-22-23-24-25-27-28-30-32-34-36-38-40-42-48(63)47(60-51(64)43-41-39-37-35-33-31-29-26-20-18-16-14-12-10-8-6-4-2)46-70-58-56(69)54(67)57(50(45-62)72-58)73-59-55(68)53(66)52(65)49(44-61)71-59/h12,14,18,20,25,27,32,34,40,42,47-50,52-59,61-63,65-69H,3-11,13,15-17,19,21-24,26,28-31,33,35-39,41,43-46H2,1-2H3,(H,60,64)/b14-12-,20-18-,27-25+,34-32+,42-40+. The summed E-state index contributed by atoms with van der Waals surface area (Å²) in [5, 5.41) is 87.0. The number of aliphatic hydroxyl groups excluding tert-OH is 8. The lowest BCUT2D eigenvalue weighted by Gasteiger charge is -2.46. The molecule has 12 atom stereocenters. The molecular formula is C59H105NO13. The Morgan fingerprint density at radius 1 is 0.493 bits per heavy atom. The van der Waals surface area contributed by atoms with Crippen molar-refractivity contribution in [3.63, 3.8) is 0 Å². The highest BCUT2D eigenvalue weighted by Gasteiger charge is 2.51. The highest BCUT2D eigenvalue weighted by atomic mass is 16.7. The quantitative estimate of drug-likeness (QED) is 0.0205. The van der Waals surface area contributed by atoms with E-state index in [1.165, 1.54) is 116 Å². The van der Waals surface area contributed by atoms with Gasteiger partial charge in [0.2, 0.25) is 5.91 Å². The van der Waals surface area contributed by atoms with E-state index in [4.69, 9.17) is 18.9 Å². The Balaban J connectivity index is 1.82. The van der Waals surface area contributed by atoms with Gasteiger partial charge in [-0.15, -0.1) is 0 Å². The molecule has 2 saturated heterocycles. The number of carbonyl (C=O) groups excluding carboxylic acids is 1. The Bertz CT molecular complexity index is 1450. The topological polar surface area (TPSA) is 228 Å². The van der Waals surface area contributed by atoms with Crippen LogP contribution in [0.4, 0.5) is 0 Å². The van der Waals surface area contributed by atoms with Gasteiger partial charge in [0.1, 0.15) is 48.8 Å². The first-order valence-electron chi connectivity index (χ1n) is 29.0. The Morgan fingerprint density at radius 3 is 1.45 bits per heavy atom. The number of nitrogens with one attached hydrogen (secondary N) is 1. The van der Waals surface area contributed by atoms with Crippen LogP contribution in [0.3, 0.4) is 0 Å². The third kappa shape index (κ3) is 30.9. The lowest BCUT2D eigenvalue weighted by Crippen LogP contribution is -2.65. The average Bonchev–Trinajstić information content (AvgIpc) is 3.39. The Morgan fingerprint density at radius 2 is 0.918 bits per heavy atom. The van der Waals surface area contributed by atoms with Gasteiger partial charge in [-0.2, -0.15) is 0 Å². The molecule has 0 saturated carbocycles. The van der Waals surface area contributed by atoms with E-state index in [0.29, 0.717) is 12.8 Å². The number of hydrogen-bond donors (Lipinski definition) is 9. The molecule has 0 aliphatic carbocycles. The number of aliphatic hydroxyl groups is 8. The summed E-state index contributed by atoms with van der Waals surface area (Å²) in [6.45, 7) is 2.74. The van der Waals surface area contributed by atoms with Crippen molar-refractivity contribution in [2.45, 2.75) is 286 Å². The van der Waals surface area contributed by atoms with Crippen LogP contribution in [0, 0.1) is 0 Å². The second-order valence-corrected chi connectivity index (χ2v) is 20.4. The number of allylic oxidation sites excluding steroid dienone is 9. The zero-order chi connectivity index (χ0) is 53.2. The second-order valence-electron chi connectivity index (χ2n) is 20.4. The zero-order valence-corrected chi connectivity index (χ0v) is 45.4. The third-order valence-corrected chi connectivity index (χ3v) is 13.9. The van der Waals surface area contributed by atoms with Crippen molar-refractivity contribution in [1.29, 1.82) is 0 Å². The van der Waals surface area contributed by atoms with Gasteiger partial charge >= 0.3 is 0 Å². The minimum atomic E-state index is -1.79. The molecule has 1 amide bonds. The van der Waals surface area contributed by atoms with E-state index in [2.05, 4.69) is 67.8 Å². The predicted molar refractivity (Wildman–Crippen MR) is 290 cm³/mol. The molecule has 0 bridgehead atoms. The fraction of sp³-hybridized carbons (Fsp3) is 0.814. The maximum atomic E-state index is 13.2. The third-order valence-electron chi connectivity index (χ3n) is 13.9. The molecule has 73 heavy (non-hydrogen) atoms. The smallest absolute Gasteiger partial charge is 0.220 e. The molecule has 424 valence electrons. The minimum absolute atomic E-state index is 0.259. The van der Waals surface area contributed by atoms with Crippen LogP contribution in [0.5, 0.6) is 0 Å². The summed E-state index contributed by atoms with van der Waals surface area (Å²) in [5.74, 6) is -0.263. The molecule has 2 fully saturated rings. The molecule has 9 N–H and O–H groups in total. The largest absolute Gasteiger partial charge is 0.394 e. The number of rotatable bonds is 45. The summed E-state index contributed by atoms with van der Waals surface area (Å²) in [5.41, 5.74) is 0. The van der Waals surface area contributed by atoms with Gasteiger partial charge in [0.05, 0.1) is 32.0 Å². The van der Waals surface area contributed by atoms with Crippen LogP contribution < -0.4 is 5.32 Å². The number of ether oxygens (including phenoxy) is 4. The van der Waals surface area contributed by atoms with Crippen LogP contribution >= 0.6 is 0 Å². The van der Waals surface area contributed by atoms with Gasteiger partial charge in [-0.05, 0) is 77.0 Å². The number of hydrogen-bond acceptors (Lipinski definition) is 13. The fourth-order valence-corrected chi connectivity index (χ4v) is 9.18. The Labute approximate surface area is 441 Å². The summed E-state index contributed by atoms with van der Waals surface area (Å²) >= 11 is 0. The van der Waals surface area contributed by atoms with E-state index in [1.54, 1.807) is 6.08 Å². The van der Waals surface area contributed by atoms with Gasteiger partial charge in [-0.25, -0.2) is 0 Å². The normalized spacial score (nSPS) is 25.8. The first-order valence-corrected chi connectivity index (χ1v) is 29.0. The summed E-state index contributed by atoms with van der Waals surface area (Å²) in [6, 6.07) is -0.944. The van der Waals surface area contributed by atoms with Crippen molar-refractivity contribution in [2.24, 2.45) is 0 Å². The van der Waals surface area contributed by atoms with Crippen LogP contribution in [0.2, 0.25) is 0 Å². The molecular weight excluding hydrogens is 931 g/mol. The molecule has 0 aromatic rings. The molecule has 2 aliphatic rings. The molecule has 0 radical (unpaired) electrons. The van der Waals surface area contributed by atoms with Crippen molar-refractivity contribution in [3.8, 4) is 0 Å². The highest BCUT2D eigenvalue weighted by Crippen LogP contribution is 2.30. The molecule has 0 aromatic carbocycles. The van der Waals surface area contributed by atoms with Crippen LogP contribution in [0.15, 0.2) is 60.8 Å². The highest BCUT2D eigenvalue weighted by molar-refractivity contribution is 5.76. The second kappa shape index (κ2) is 44.8. The van der Waals surface area contributed by atoms with E-state index >= 15 is 0 Å². The summed E-state index contributed by atoms with van der Waals surface area (Å²) < 4.78 is 22.7. The molecule has 12 unspecified atom stereocenters. The van der Waals surface area contributed by atoms with Gasteiger partial charge in [0.15, 0.2) is 12.6 Å². The van der Waals surface area contributed by atoms with Crippen molar-refractivity contribution in [2.75, 3.05) is 19.8 Å². The summed E-state index contributed by atoms with van der Waals surface area (Å²) in [6.07, 6.45) is 39.7. The number of carbonyl (C=O) groups is 1. The van der Waals surface area contributed by atoms with E-state index in [1.807, 2.05) is 6.08 Å². The Hall–Kier alpha value is -2.31. The first kappa shape index (κ1) is 66.8. The van der Waals surface area contributed by atoms with E-state index in [-0.39, 0.29) is 18.9 Å². The summed E-state index contributed by atoms with van der Waals surface area (Å²) in [4.78, 5) is 13.2. The van der Waals surface area contributed by atoms with E-state index < -0.39 is 86.8 Å². The predicted octanol–water partition coefficient (Wildman–Crippen LogP) is 9.39. The molecule has 2 heterocycles. The molecule has 14 nitrogen and oxygen atoms in total. The maximum absolute atomic E-state index is 13.2. The van der Waals surface area contributed by atoms with E-state index in [0.717, 1.165) is 64.2 Å².